The van der Waals surface area contributed by atoms with Crippen molar-refractivity contribution in [2.24, 2.45) is 17.8 Å². The average molecular weight is 1510 g/mol. The van der Waals surface area contributed by atoms with Crippen LogP contribution in [0.15, 0.2) is 0 Å². The van der Waals surface area contributed by atoms with Gasteiger partial charge in [0, 0.05) is 25.7 Å². The van der Waals surface area contributed by atoms with Crippen LogP contribution in [0.5, 0.6) is 0 Å². The second kappa shape index (κ2) is 74.2. The number of aliphatic hydroxyl groups is 1. The predicted octanol–water partition coefficient (Wildman–Crippen LogP) is 25.3. The second-order valence-corrected chi connectivity index (χ2v) is 34.3. The predicted molar refractivity (Wildman–Crippen MR) is 423 cm³/mol. The zero-order valence-electron chi connectivity index (χ0n) is 67.8. The van der Waals surface area contributed by atoms with Gasteiger partial charge in [0.05, 0.1) is 26.4 Å². The Hall–Kier alpha value is -1.94. The first-order chi connectivity index (χ1) is 49.8. The quantitative estimate of drug-likeness (QED) is 0.0222. The molecular weight excluding hydrogens is 1340 g/mol. The third-order valence-corrected chi connectivity index (χ3v) is 21.9. The summed E-state index contributed by atoms with van der Waals surface area (Å²) in [6.07, 6.45) is 64.1. The Kier molecular flexibility index (Phi) is 72.8. The first-order valence-corrected chi connectivity index (χ1v) is 46.4. The summed E-state index contributed by atoms with van der Waals surface area (Å²) in [6, 6.07) is 0. The normalized spacial score (nSPS) is 14.2. The molecule has 17 nitrogen and oxygen atoms in total. The fraction of sp³-hybridized carbons (Fsp3) is 0.952. The summed E-state index contributed by atoms with van der Waals surface area (Å²) >= 11 is 0. The highest BCUT2D eigenvalue weighted by Crippen LogP contribution is 2.45. The fourth-order valence-corrected chi connectivity index (χ4v) is 14.6. The van der Waals surface area contributed by atoms with E-state index in [1.165, 1.54) is 244 Å². The average Bonchev–Trinajstić information content (AvgIpc) is 0.912. The molecule has 0 radical (unpaired) electrons. The Balaban J connectivity index is 5.21. The molecule has 0 spiro atoms. The fourth-order valence-electron chi connectivity index (χ4n) is 13.0. The van der Waals surface area contributed by atoms with Gasteiger partial charge in [0.1, 0.15) is 19.3 Å². The number of aliphatic hydroxyl groups excluding tert-OH is 1. The summed E-state index contributed by atoms with van der Waals surface area (Å²) in [7, 11) is -9.92. The van der Waals surface area contributed by atoms with Gasteiger partial charge < -0.3 is 33.8 Å². The Bertz CT molecular complexity index is 1990. The minimum absolute atomic E-state index is 0.105. The number of phosphoric acid groups is 2. The summed E-state index contributed by atoms with van der Waals surface area (Å²) in [5.41, 5.74) is 0. The minimum Gasteiger partial charge on any atom is -0.462 e. The molecule has 0 aliphatic carbocycles. The van der Waals surface area contributed by atoms with Crippen LogP contribution in [0.3, 0.4) is 0 Å². The molecule has 0 aliphatic rings. The molecule has 0 rings (SSSR count). The largest absolute Gasteiger partial charge is 0.472 e. The van der Waals surface area contributed by atoms with Gasteiger partial charge in [-0.15, -0.1) is 0 Å². The molecule has 0 aromatic rings. The van der Waals surface area contributed by atoms with Crippen molar-refractivity contribution in [2.75, 3.05) is 39.6 Å². The lowest BCUT2D eigenvalue weighted by Gasteiger charge is -2.21. The number of esters is 4. The van der Waals surface area contributed by atoms with Crippen LogP contribution in [-0.4, -0.2) is 96.7 Å². The number of rotatable bonds is 82. The summed E-state index contributed by atoms with van der Waals surface area (Å²) in [5, 5.41) is 10.7. The van der Waals surface area contributed by atoms with Crippen molar-refractivity contribution in [3.63, 3.8) is 0 Å². The van der Waals surface area contributed by atoms with E-state index in [1.54, 1.807) is 0 Å². The molecule has 0 saturated heterocycles. The van der Waals surface area contributed by atoms with Crippen molar-refractivity contribution in [3.05, 3.63) is 0 Å². The van der Waals surface area contributed by atoms with Crippen molar-refractivity contribution in [1.82, 2.24) is 0 Å². The molecule has 612 valence electrons. The SMILES string of the molecule is CCCCCCCCCCCCCCCCCCCCCC(=O)OC[C@H](COP(=O)(O)OC[C@@H](O)COP(=O)(O)OC[C@@H](COC(=O)CCCCCCCCC(C)C)OC(=O)CCCCCCCCCCCCC(C)CC)OC(=O)CCCCCCCCCCCCCCCCCCCCC(C)C. The van der Waals surface area contributed by atoms with E-state index < -0.39 is 97.5 Å². The van der Waals surface area contributed by atoms with Crippen LogP contribution >= 0.6 is 15.6 Å². The number of carbonyl (C=O) groups excluding carboxylic acids is 4. The molecule has 0 bridgehead atoms. The van der Waals surface area contributed by atoms with Crippen LogP contribution in [-0.2, 0) is 65.4 Å². The third-order valence-electron chi connectivity index (χ3n) is 20.0. The molecule has 19 heteroatoms. The minimum atomic E-state index is -4.96. The van der Waals surface area contributed by atoms with Gasteiger partial charge in [-0.05, 0) is 43.4 Å². The van der Waals surface area contributed by atoms with Crippen LogP contribution in [0.1, 0.15) is 440 Å². The smallest absolute Gasteiger partial charge is 0.462 e. The van der Waals surface area contributed by atoms with Crippen molar-refractivity contribution in [1.29, 1.82) is 0 Å². The first-order valence-electron chi connectivity index (χ1n) is 43.4. The maximum absolute atomic E-state index is 13.1. The molecule has 6 atom stereocenters. The van der Waals surface area contributed by atoms with E-state index in [0.29, 0.717) is 31.6 Å². The van der Waals surface area contributed by atoms with Gasteiger partial charge in [-0.1, -0.05) is 389 Å². The molecule has 0 amide bonds. The monoisotopic (exact) mass is 1510 g/mol. The van der Waals surface area contributed by atoms with E-state index in [4.69, 9.17) is 37.0 Å². The van der Waals surface area contributed by atoms with Crippen LogP contribution in [0, 0.1) is 17.8 Å². The van der Waals surface area contributed by atoms with Crippen molar-refractivity contribution >= 4 is 39.5 Å². The second-order valence-electron chi connectivity index (χ2n) is 31.4. The van der Waals surface area contributed by atoms with Crippen LogP contribution in [0.4, 0.5) is 0 Å². The molecule has 3 N–H and O–H groups in total. The Morgan fingerprint density at radius 3 is 0.738 bits per heavy atom. The number of hydrogen-bond acceptors (Lipinski definition) is 15. The summed E-state index contributed by atoms with van der Waals surface area (Å²) < 4.78 is 68.8. The third kappa shape index (κ3) is 76.6. The molecule has 0 saturated carbocycles. The van der Waals surface area contributed by atoms with E-state index in [-0.39, 0.29) is 25.7 Å². The zero-order chi connectivity index (χ0) is 75.8. The zero-order valence-corrected chi connectivity index (χ0v) is 69.6. The highest BCUT2D eigenvalue weighted by atomic mass is 31.2. The first kappa shape index (κ1) is 101. The van der Waals surface area contributed by atoms with Gasteiger partial charge in [0.15, 0.2) is 12.2 Å². The maximum Gasteiger partial charge on any atom is 0.472 e. The lowest BCUT2D eigenvalue weighted by atomic mass is 9.99. The van der Waals surface area contributed by atoms with Gasteiger partial charge in [0.2, 0.25) is 0 Å². The van der Waals surface area contributed by atoms with E-state index in [9.17, 15) is 43.2 Å². The molecule has 0 aromatic heterocycles. The number of carbonyl (C=O) groups is 4. The number of ether oxygens (including phenoxy) is 4. The Morgan fingerprint density at radius 2 is 0.495 bits per heavy atom. The van der Waals surface area contributed by atoms with E-state index in [2.05, 4.69) is 48.5 Å². The van der Waals surface area contributed by atoms with E-state index in [0.717, 1.165) is 108 Å². The van der Waals surface area contributed by atoms with E-state index in [1.807, 2.05) is 0 Å². The lowest BCUT2D eigenvalue weighted by Crippen LogP contribution is -2.30. The van der Waals surface area contributed by atoms with Gasteiger partial charge >= 0.3 is 39.5 Å². The van der Waals surface area contributed by atoms with Crippen molar-refractivity contribution in [3.8, 4) is 0 Å². The van der Waals surface area contributed by atoms with Gasteiger partial charge in [0.25, 0.3) is 0 Å². The van der Waals surface area contributed by atoms with Crippen LogP contribution in [0.2, 0.25) is 0 Å². The Morgan fingerprint density at radius 1 is 0.282 bits per heavy atom. The molecule has 0 aliphatic heterocycles. The number of hydrogen-bond donors (Lipinski definition) is 3. The standard InChI is InChI=1S/C84H164O17P2/c1-8-10-11-12-13-14-15-16-17-18-19-23-26-29-32-38-43-51-58-65-81(86)94-71-79(100-83(88)67-60-53-44-39-33-30-27-24-21-20-22-25-28-31-36-41-48-55-62-75(3)4)73-98-102(90,91)96-69-78(85)70-97-103(92,93)99-74-80(72-95-82(87)66-59-52-47-46-49-56-63-76(5)6)101-84(89)68-61-54-45-40-35-34-37-42-50-57-64-77(7)9-2/h75-80,85H,8-74H2,1-7H3,(H,90,91)(H,92,93)/t77?,78-,79-,80-/m1/s1. The van der Waals surface area contributed by atoms with Crippen molar-refractivity contribution < 1.29 is 80.2 Å². The molecule has 0 aromatic carbocycles. The number of phosphoric ester groups is 2. The highest BCUT2D eigenvalue weighted by molar-refractivity contribution is 7.47. The van der Waals surface area contributed by atoms with E-state index >= 15 is 0 Å². The number of unbranched alkanes of at least 4 members (excludes halogenated alkanes) is 49. The van der Waals surface area contributed by atoms with Gasteiger partial charge in [-0.2, -0.15) is 0 Å². The lowest BCUT2D eigenvalue weighted by molar-refractivity contribution is -0.161. The summed E-state index contributed by atoms with van der Waals surface area (Å²) in [5.74, 6) is 0.192. The molecule has 3 unspecified atom stereocenters. The summed E-state index contributed by atoms with van der Waals surface area (Å²) in [6.45, 7) is 11.9. The van der Waals surface area contributed by atoms with Crippen LogP contribution in [0.25, 0.3) is 0 Å². The molecule has 0 fully saturated rings. The molecular formula is C84H164O17P2. The van der Waals surface area contributed by atoms with Gasteiger partial charge in [-0.3, -0.25) is 37.3 Å². The Labute approximate surface area is 632 Å². The van der Waals surface area contributed by atoms with Gasteiger partial charge in [-0.25, -0.2) is 9.13 Å². The van der Waals surface area contributed by atoms with Crippen LogP contribution < -0.4 is 0 Å². The maximum atomic E-state index is 13.1. The summed E-state index contributed by atoms with van der Waals surface area (Å²) in [4.78, 5) is 73.1. The highest BCUT2D eigenvalue weighted by Gasteiger charge is 2.30. The molecule has 103 heavy (non-hydrogen) atoms. The topological polar surface area (TPSA) is 237 Å². The van der Waals surface area contributed by atoms with Crippen molar-refractivity contribution in [2.45, 2.75) is 458 Å². The molecule has 0 heterocycles.